The van der Waals surface area contributed by atoms with Crippen molar-refractivity contribution in [2.24, 2.45) is 5.92 Å². The molecule has 120 valence electrons. The van der Waals surface area contributed by atoms with Gasteiger partial charge in [0, 0.05) is 38.8 Å². The quantitative estimate of drug-likeness (QED) is 0.832. The fourth-order valence-electron chi connectivity index (χ4n) is 3.95. The van der Waals surface area contributed by atoms with Gasteiger partial charge in [0.1, 0.15) is 0 Å². The number of nitrogens with zero attached hydrogens (tertiary/aromatic N) is 2. The lowest BCUT2D eigenvalue weighted by atomic mass is 9.86. The zero-order valence-corrected chi connectivity index (χ0v) is 14.0. The highest BCUT2D eigenvalue weighted by molar-refractivity contribution is 5.48. The van der Waals surface area contributed by atoms with Gasteiger partial charge >= 0.3 is 0 Å². The molecule has 2 atom stereocenters. The summed E-state index contributed by atoms with van der Waals surface area (Å²) in [6.45, 7) is 8.49. The standard InChI is InChI=1S/C20H30N2/c1-18-7-5-11-20(17-18)22-15-13-21(14-16-22)12-6-10-19-8-3-2-4-9-19/h2-4,6,8-10,18,20H,5,7,11-17H2,1H3/b10-6+/t18-,20-/m1/s1. The van der Waals surface area contributed by atoms with Crippen molar-refractivity contribution in [1.29, 1.82) is 0 Å². The van der Waals surface area contributed by atoms with Gasteiger partial charge in [-0.3, -0.25) is 9.80 Å². The van der Waals surface area contributed by atoms with Crippen LogP contribution in [0, 0.1) is 5.92 Å². The van der Waals surface area contributed by atoms with E-state index in [1.807, 2.05) is 0 Å². The van der Waals surface area contributed by atoms with E-state index < -0.39 is 0 Å². The third-order valence-corrected chi connectivity index (χ3v) is 5.31. The van der Waals surface area contributed by atoms with Crippen LogP contribution < -0.4 is 0 Å². The highest BCUT2D eigenvalue weighted by atomic mass is 15.3. The topological polar surface area (TPSA) is 6.48 Å². The van der Waals surface area contributed by atoms with E-state index in [0.29, 0.717) is 0 Å². The van der Waals surface area contributed by atoms with Gasteiger partial charge in [-0.25, -0.2) is 0 Å². The molecule has 1 aliphatic carbocycles. The van der Waals surface area contributed by atoms with Crippen LogP contribution in [-0.2, 0) is 0 Å². The molecule has 2 aliphatic rings. The third-order valence-electron chi connectivity index (χ3n) is 5.31. The summed E-state index contributed by atoms with van der Waals surface area (Å²) >= 11 is 0. The van der Waals surface area contributed by atoms with Crippen molar-refractivity contribution in [2.75, 3.05) is 32.7 Å². The van der Waals surface area contributed by atoms with Gasteiger partial charge in [0.2, 0.25) is 0 Å². The number of benzene rings is 1. The first-order valence-corrected chi connectivity index (χ1v) is 8.99. The van der Waals surface area contributed by atoms with Crippen molar-refractivity contribution < 1.29 is 0 Å². The van der Waals surface area contributed by atoms with Crippen molar-refractivity contribution in [3.8, 4) is 0 Å². The Labute approximate surface area is 135 Å². The maximum absolute atomic E-state index is 2.76. The monoisotopic (exact) mass is 298 g/mol. The minimum atomic E-state index is 0.866. The fourth-order valence-corrected chi connectivity index (χ4v) is 3.95. The van der Waals surface area contributed by atoms with E-state index in [9.17, 15) is 0 Å². The summed E-state index contributed by atoms with van der Waals surface area (Å²) in [6, 6.07) is 11.5. The van der Waals surface area contributed by atoms with E-state index in [4.69, 9.17) is 0 Å². The SMILES string of the molecule is C[C@@H]1CCC[C@@H](N2CCN(C/C=C/c3ccccc3)CC2)C1. The average Bonchev–Trinajstić information content (AvgIpc) is 2.56. The predicted octanol–water partition coefficient (Wildman–Crippen LogP) is 3.90. The van der Waals surface area contributed by atoms with Crippen molar-refractivity contribution in [3.05, 3.63) is 42.0 Å². The molecule has 22 heavy (non-hydrogen) atoms. The molecule has 1 aliphatic heterocycles. The summed E-state index contributed by atoms with van der Waals surface area (Å²) in [4.78, 5) is 5.34. The fraction of sp³-hybridized carbons (Fsp3) is 0.600. The van der Waals surface area contributed by atoms with E-state index in [2.05, 4.69) is 59.2 Å². The zero-order valence-electron chi connectivity index (χ0n) is 14.0. The first-order valence-electron chi connectivity index (χ1n) is 8.99. The Morgan fingerprint density at radius 3 is 2.55 bits per heavy atom. The predicted molar refractivity (Wildman–Crippen MR) is 94.9 cm³/mol. The summed E-state index contributed by atoms with van der Waals surface area (Å²) in [5.74, 6) is 0.936. The van der Waals surface area contributed by atoms with Gasteiger partial charge in [-0.05, 0) is 24.3 Å². The average molecular weight is 298 g/mol. The van der Waals surface area contributed by atoms with Crippen molar-refractivity contribution in [1.82, 2.24) is 9.80 Å². The van der Waals surface area contributed by atoms with E-state index in [-0.39, 0.29) is 0 Å². The van der Waals surface area contributed by atoms with Crippen LogP contribution in [0.3, 0.4) is 0 Å². The molecule has 0 aromatic heterocycles. The van der Waals surface area contributed by atoms with E-state index in [1.54, 1.807) is 0 Å². The summed E-state index contributed by atoms with van der Waals surface area (Å²) in [7, 11) is 0. The second-order valence-electron chi connectivity index (χ2n) is 7.08. The van der Waals surface area contributed by atoms with Crippen LogP contribution >= 0.6 is 0 Å². The van der Waals surface area contributed by atoms with Gasteiger partial charge < -0.3 is 0 Å². The van der Waals surface area contributed by atoms with Crippen LogP contribution in [0.25, 0.3) is 6.08 Å². The lowest BCUT2D eigenvalue weighted by molar-refractivity contribution is 0.0740. The molecule has 1 saturated carbocycles. The molecular weight excluding hydrogens is 268 g/mol. The van der Waals surface area contributed by atoms with E-state index >= 15 is 0 Å². The molecular formula is C20H30N2. The second kappa shape index (κ2) is 7.94. The summed E-state index contributed by atoms with van der Waals surface area (Å²) in [5, 5.41) is 0. The van der Waals surface area contributed by atoms with Crippen molar-refractivity contribution >= 4 is 6.08 Å². The third kappa shape index (κ3) is 4.44. The van der Waals surface area contributed by atoms with E-state index in [1.165, 1.54) is 57.4 Å². The molecule has 1 saturated heterocycles. The van der Waals surface area contributed by atoms with Gasteiger partial charge in [0.15, 0.2) is 0 Å². The van der Waals surface area contributed by atoms with Gasteiger partial charge in [0.25, 0.3) is 0 Å². The summed E-state index contributed by atoms with van der Waals surface area (Å²) in [6.07, 6.45) is 10.3. The Morgan fingerprint density at radius 1 is 1.05 bits per heavy atom. The summed E-state index contributed by atoms with van der Waals surface area (Å²) in [5.41, 5.74) is 1.30. The molecule has 0 spiro atoms. The van der Waals surface area contributed by atoms with Crippen LogP contribution in [-0.4, -0.2) is 48.6 Å². The zero-order chi connectivity index (χ0) is 15.2. The second-order valence-corrected chi connectivity index (χ2v) is 7.08. The molecule has 0 radical (unpaired) electrons. The smallest absolute Gasteiger partial charge is 0.0167 e. The van der Waals surface area contributed by atoms with Crippen LogP contribution in [0.15, 0.2) is 36.4 Å². The molecule has 0 N–H and O–H groups in total. The normalized spacial score (nSPS) is 28.2. The number of hydrogen-bond donors (Lipinski definition) is 0. The minimum Gasteiger partial charge on any atom is -0.298 e. The highest BCUT2D eigenvalue weighted by Gasteiger charge is 2.27. The molecule has 0 bridgehead atoms. The Morgan fingerprint density at radius 2 is 1.82 bits per heavy atom. The molecule has 0 amide bonds. The van der Waals surface area contributed by atoms with Crippen LogP contribution in [0.4, 0.5) is 0 Å². The van der Waals surface area contributed by atoms with Crippen LogP contribution in [0.1, 0.15) is 38.2 Å². The summed E-state index contributed by atoms with van der Waals surface area (Å²) < 4.78 is 0. The first-order chi connectivity index (χ1) is 10.8. The molecule has 0 unspecified atom stereocenters. The van der Waals surface area contributed by atoms with Crippen LogP contribution in [0.5, 0.6) is 0 Å². The van der Waals surface area contributed by atoms with Gasteiger partial charge in [-0.2, -0.15) is 0 Å². The Hall–Kier alpha value is -1.12. The molecule has 1 heterocycles. The molecule has 3 rings (SSSR count). The van der Waals surface area contributed by atoms with Gasteiger partial charge in [-0.1, -0.05) is 62.2 Å². The maximum Gasteiger partial charge on any atom is 0.0167 e. The highest BCUT2D eigenvalue weighted by Crippen LogP contribution is 2.27. The Kier molecular flexibility index (Phi) is 5.69. The minimum absolute atomic E-state index is 0.866. The number of hydrogen-bond acceptors (Lipinski definition) is 2. The van der Waals surface area contributed by atoms with Crippen molar-refractivity contribution in [2.45, 2.75) is 38.6 Å². The maximum atomic E-state index is 2.76. The first kappa shape index (κ1) is 15.8. The molecule has 2 fully saturated rings. The Balaban J connectivity index is 1.41. The van der Waals surface area contributed by atoms with Gasteiger partial charge in [-0.15, -0.1) is 0 Å². The number of rotatable bonds is 4. The lowest BCUT2D eigenvalue weighted by Gasteiger charge is -2.41. The lowest BCUT2D eigenvalue weighted by Crippen LogP contribution is -2.51. The number of piperazine rings is 1. The molecule has 1 aromatic rings. The largest absolute Gasteiger partial charge is 0.298 e. The molecule has 1 aromatic carbocycles. The van der Waals surface area contributed by atoms with Crippen molar-refractivity contribution in [3.63, 3.8) is 0 Å². The molecule has 2 nitrogen and oxygen atoms in total. The molecule has 2 heteroatoms. The van der Waals surface area contributed by atoms with E-state index in [0.717, 1.165) is 18.5 Å². The van der Waals surface area contributed by atoms with Crippen LogP contribution in [0.2, 0.25) is 0 Å². The van der Waals surface area contributed by atoms with Gasteiger partial charge in [0.05, 0.1) is 0 Å². The Bertz CT molecular complexity index is 460.